The molecule has 0 unspecified atom stereocenters. The highest BCUT2D eigenvalue weighted by Crippen LogP contribution is 2.23. The average Bonchev–Trinajstić information content (AvgIpc) is 2.91. The third-order valence-electron chi connectivity index (χ3n) is 3.07. The number of likely N-dealkylation sites (N-methyl/N-ethyl adjacent to an activating group) is 1. The zero-order valence-corrected chi connectivity index (χ0v) is 15.2. The van der Waals surface area contributed by atoms with Crippen molar-refractivity contribution < 1.29 is 14.3 Å². The molecule has 0 aliphatic carbocycles. The molecule has 2 aromatic rings. The van der Waals surface area contributed by atoms with Crippen molar-refractivity contribution in [1.82, 2.24) is 4.90 Å². The minimum Gasteiger partial charge on any atom is -0.465 e. The normalized spacial score (nSPS) is 10.6. The van der Waals surface area contributed by atoms with Crippen LogP contribution in [-0.2, 0) is 16.1 Å². The summed E-state index contributed by atoms with van der Waals surface area (Å²) >= 11 is 5.06. The van der Waals surface area contributed by atoms with E-state index in [-0.39, 0.29) is 12.5 Å². The predicted octanol–water partition coefficient (Wildman–Crippen LogP) is 3.37. The first-order chi connectivity index (χ1) is 11.0. The second kappa shape index (κ2) is 8.24. The molecule has 0 spiro atoms. The van der Waals surface area contributed by atoms with Crippen LogP contribution in [0.4, 0.5) is 5.69 Å². The van der Waals surface area contributed by atoms with Gasteiger partial charge in [-0.25, -0.2) is 4.79 Å². The van der Waals surface area contributed by atoms with E-state index in [2.05, 4.69) is 21.2 Å². The van der Waals surface area contributed by atoms with Crippen LogP contribution >= 0.6 is 27.3 Å². The van der Waals surface area contributed by atoms with Crippen LogP contribution in [0.3, 0.4) is 0 Å². The Balaban J connectivity index is 1.95. The highest BCUT2D eigenvalue weighted by atomic mass is 79.9. The molecule has 0 atom stereocenters. The molecule has 2 rings (SSSR count). The number of nitrogens with one attached hydrogen (secondary N) is 1. The molecule has 5 nitrogen and oxygen atoms in total. The smallest absolute Gasteiger partial charge is 0.339 e. The molecule has 0 aliphatic rings. The maximum Gasteiger partial charge on any atom is 0.339 e. The van der Waals surface area contributed by atoms with Gasteiger partial charge in [0.05, 0.1) is 28.7 Å². The molecule has 1 aromatic heterocycles. The van der Waals surface area contributed by atoms with Crippen molar-refractivity contribution in [3.05, 3.63) is 50.6 Å². The fourth-order valence-electron chi connectivity index (χ4n) is 2.07. The number of carbonyl (C=O) groups is 2. The van der Waals surface area contributed by atoms with Gasteiger partial charge < -0.3 is 10.1 Å². The van der Waals surface area contributed by atoms with E-state index in [0.29, 0.717) is 17.8 Å². The predicted molar refractivity (Wildman–Crippen MR) is 94.8 cm³/mol. The second-order valence-corrected chi connectivity index (χ2v) is 7.51. The van der Waals surface area contributed by atoms with Gasteiger partial charge in [0.25, 0.3) is 0 Å². The van der Waals surface area contributed by atoms with Crippen LogP contribution in [0.2, 0.25) is 0 Å². The number of thiophene rings is 1. The third kappa shape index (κ3) is 5.16. The summed E-state index contributed by atoms with van der Waals surface area (Å²) in [7, 11) is 3.19. The molecule has 0 saturated heterocycles. The van der Waals surface area contributed by atoms with Crippen molar-refractivity contribution in [1.29, 1.82) is 0 Å². The number of rotatable bonds is 6. The van der Waals surface area contributed by atoms with Gasteiger partial charge in [-0.15, -0.1) is 11.3 Å². The summed E-state index contributed by atoms with van der Waals surface area (Å²) in [6.07, 6.45) is 0. The SMILES string of the molecule is COC(=O)c1ccccc1NC(=O)CN(C)Cc1ccc(Br)s1. The van der Waals surface area contributed by atoms with Crippen LogP contribution in [0.5, 0.6) is 0 Å². The van der Waals surface area contributed by atoms with Crippen molar-refractivity contribution in [2.75, 3.05) is 26.0 Å². The molecule has 1 N–H and O–H groups in total. The van der Waals surface area contributed by atoms with Crippen molar-refractivity contribution in [2.45, 2.75) is 6.54 Å². The van der Waals surface area contributed by atoms with E-state index in [9.17, 15) is 9.59 Å². The zero-order chi connectivity index (χ0) is 16.8. The van der Waals surface area contributed by atoms with Crippen LogP contribution in [-0.4, -0.2) is 37.5 Å². The van der Waals surface area contributed by atoms with Gasteiger partial charge in [0, 0.05) is 11.4 Å². The lowest BCUT2D eigenvalue weighted by Gasteiger charge is -2.16. The summed E-state index contributed by atoms with van der Waals surface area (Å²) in [6, 6.07) is 10.8. The van der Waals surface area contributed by atoms with Gasteiger partial charge in [-0.3, -0.25) is 9.69 Å². The number of benzene rings is 1. The Morgan fingerprint density at radius 2 is 2.00 bits per heavy atom. The molecule has 0 saturated carbocycles. The fraction of sp³-hybridized carbons (Fsp3) is 0.250. The number of amides is 1. The van der Waals surface area contributed by atoms with E-state index in [1.54, 1.807) is 35.6 Å². The summed E-state index contributed by atoms with van der Waals surface area (Å²) in [5, 5.41) is 2.76. The Labute approximate surface area is 147 Å². The standard InChI is InChI=1S/C16H17BrN2O3S/c1-19(9-11-7-8-14(17)23-11)10-15(20)18-13-6-4-3-5-12(13)16(21)22-2/h3-8H,9-10H2,1-2H3,(H,18,20). The molecule has 1 heterocycles. The number of halogens is 1. The van der Waals surface area contributed by atoms with Gasteiger partial charge in [0.1, 0.15) is 0 Å². The number of carbonyl (C=O) groups excluding carboxylic acids is 2. The quantitative estimate of drug-likeness (QED) is 0.760. The van der Waals surface area contributed by atoms with E-state index < -0.39 is 5.97 Å². The number of esters is 1. The van der Waals surface area contributed by atoms with Crippen molar-refractivity contribution >= 4 is 44.8 Å². The summed E-state index contributed by atoms with van der Waals surface area (Å²) < 4.78 is 5.78. The van der Waals surface area contributed by atoms with Gasteiger partial charge in [0.15, 0.2) is 0 Å². The molecule has 122 valence electrons. The first kappa shape index (κ1) is 17.7. The Morgan fingerprint density at radius 3 is 2.65 bits per heavy atom. The third-order valence-corrected chi connectivity index (χ3v) is 4.68. The lowest BCUT2D eigenvalue weighted by Crippen LogP contribution is -2.30. The molecule has 0 radical (unpaired) electrons. The molecular formula is C16H17BrN2O3S. The van der Waals surface area contributed by atoms with E-state index in [4.69, 9.17) is 4.74 Å². The van der Waals surface area contributed by atoms with E-state index >= 15 is 0 Å². The topological polar surface area (TPSA) is 58.6 Å². The van der Waals surface area contributed by atoms with Crippen LogP contribution in [0, 0.1) is 0 Å². The number of para-hydroxylation sites is 1. The van der Waals surface area contributed by atoms with Gasteiger partial charge >= 0.3 is 5.97 Å². The Bertz CT molecular complexity index is 702. The summed E-state index contributed by atoms with van der Waals surface area (Å²) in [5.74, 6) is -0.655. The highest BCUT2D eigenvalue weighted by Gasteiger charge is 2.14. The van der Waals surface area contributed by atoms with Crippen LogP contribution in [0.15, 0.2) is 40.2 Å². The molecule has 1 aromatic carbocycles. The minimum absolute atomic E-state index is 0.181. The minimum atomic E-state index is -0.474. The van der Waals surface area contributed by atoms with E-state index in [0.717, 1.165) is 3.79 Å². The summed E-state index contributed by atoms with van der Waals surface area (Å²) in [6.45, 7) is 0.910. The van der Waals surface area contributed by atoms with Crippen LogP contribution in [0.25, 0.3) is 0 Å². The molecular weight excluding hydrogens is 380 g/mol. The molecule has 7 heteroatoms. The largest absolute Gasteiger partial charge is 0.465 e. The lowest BCUT2D eigenvalue weighted by molar-refractivity contribution is -0.117. The van der Waals surface area contributed by atoms with E-state index in [1.807, 2.05) is 24.1 Å². The fourth-order valence-corrected chi connectivity index (χ4v) is 3.64. The number of hydrogen-bond acceptors (Lipinski definition) is 5. The Hall–Kier alpha value is -1.70. The zero-order valence-electron chi connectivity index (χ0n) is 12.8. The van der Waals surface area contributed by atoms with E-state index in [1.165, 1.54) is 12.0 Å². The van der Waals surface area contributed by atoms with Crippen molar-refractivity contribution in [2.24, 2.45) is 0 Å². The number of hydrogen-bond donors (Lipinski definition) is 1. The second-order valence-electron chi connectivity index (χ2n) is 4.96. The number of methoxy groups -OCH3 is 1. The average molecular weight is 397 g/mol. The van der Waals surface area contributed by atoms with Crippen LogP contribution < -0.4 is 5.32 Å². The number of anilines is 1. The molecule has 0 bridgehead atoms. The van der Waals surface area contributed by atoms with Crippen molar-refractivity contribution in [3.63, 3.8) is 0 Å². The number of ether oxygens (including phenoxy) is 1. The molecule has 1 amide bonds. The van der Waals surface area contributed by atoms with Crippen molar-refractivity contribution in [3.8, 4) is 0 Å². The first-order valence-electron chi connectivity index (χ1n) is 6.89. The summed E-state index contributed by atoms with van der Waals surface area (Å²) in [4.78, 5) is 26.9. The number of nitrogens with zero attached hydrogens (tertiary/aromatic N) is 1. The monoisotopic (exact) mass is 396 g/mol. The van der Waals surface area contributed by atoms with Crippen LogP contribution in [0.1, 0.15) is 15.2 Å². The molecule has 0 fully saturated rings. The summed E-state index contributed by atoms with van der Waals surface area (Å²) in [5.41, 5.74) is 0.796. The highest BCUT2D eigenvalue weighted by molar-refractivity contribution is 9.11. The molecule has 0 aliphatic heterocycles. The maximum atomic E-state index is 12.2. The van der Waals surface area contributed by atoms with Gasteiger partial charge in [-0.2, -0.15) is 0 Å². The first-order valence-corrected chi connectivity index (χ1v) is 8.50. The molecule has 23 heavy (non-hydrogen) atoms. The lowest BCUT2D eigenvalue weighted by atomic mass is 10.2. The van der Waals surface area contributed by atoms with Gasteiger partial charge in [-0.05, 0) is 47.2 Å². The van der Waals surface area contributed by atoms with Gasteiger partial charge in [0.2, 0.25) is 5.91 Å². The van der Waals surface area contributed by atoms with Gasteiger partial charge in [-0.1, -0.05) is 12.1 Å². The maximum absolute atomic E-state index is 12.2. The Morgan fingerprint density at radius 1 is 1.26 bits per heavy atom. The Kier molecular flexibility index (Phi) is 6.32.